The van der Waals surface area contributed by atoms with Crippen molar-refractivity contribution in [3.63, 3.8) is 0 Å². The van der Waals surface area contributed by atoms with E-state index in [1.54, 1.807) is 11.3 Å². The fourth-order valence-corrected chi connectivity index (χ4v) is 4.95. The molecule has 0 spiro atoms. The first kappa shape index (κ1) is 17.5. The van der Waals surface area contributed by atoms with E-state index in [4.69, 9.17) is 0 Å². The third-order valence-electron chi connectivity index (χ3n) is 4.13. The molecule has 1 saturated carbocycles. The molecule has 6 heteroatoms. The Hall–Kier alpha value is -0.880. The highest BCUT2D eigenvalue weighted by molar-refractivity contribution is 7.85. The van der Waals surface area contributed by atoms with Gasteiger partial charge in [-0.15, -0.1) is 0 Å². The molecular weight excluding hydrogens is 314 g/mol. The molecule has 0 amide bonds. The minimum atomic E-state index is -0.676. The van der Waals surface area contributed by atoms with Crippen LogP contribution in [0.3, 0.4) is 0 Å². The van der Waals surface area contributed by atoms with Gasteiger partial charge in [-0.25, -0.2) is 0 Å². The summed E-state index contributed by atoms with van der Waals surface area (Å²) in [6.07, 6.45) is 5.40. The van der Waals surface area contributed by atoms with Crippen molar-refractivity contribution in [2.75, 3.05) is 19.3 Å². The highest BCUT2D eigenvalue weighted by Gasteiger charge is 2.25. The van der Waals surface area contributed by atoms with Gasteiger partial charge in [0.2, 0.25) is 0 Å². The fourth-order valence-electron chi connectivity index (χ4n) is 2.90. The molecule has 1 fully saturated rings. The first-order valence-electron chi connectivity index (χ1n) is 8.08. The van der Waals surface area contributed by atoms with E-state index in [2.05, 4.69) is 32.5 Å². The molecule has 4 nitrogen and oxygen atoms in total. The number of nitrogens with zero attached hydrogens (tertiary/aromatic N) is 1. The molecule has 0 aliphatic heterocycles. The van der Waals surface area contributed by atoms with Crippen molar-refractivity contribution < 1.29 is 4.21 Å². The van der Waals surface area contributed by atoms with Crippen LogP contribution in [0.15, 0.2) is 21.8 Å². The van der Waals surface area contributed by atoms with Gasteiger partial charge < -0.3 is 10.6 Å². The van der Waals surface area contributed by atoms with Crippen LogP contribution >= 0.6 is 11.3 Å². The van der Waals surface area contributed by atoms with E-state index in [0.29, 0.717) is 11.3 Å². The molecule has 1 aromatic rings. The molecule has 0 aromatic carbocycles. The molecule has 3 atom stereocenters. The Bertz CT molecular complexity index is 488. The second-order valence-corrected chi connectivity index (χ2v) is 8.47. The highest BCUT2D eigenvalue weighted by Crippen LogP contribution is 2.22. The number of guanidine groups is 1. The van der Waals surface area contributed by atoms with E-state index < -0.39 is 10.8 Å². The number of aliphatic imine (C=N–C) groups is 1. The average Bonchev–Trinajstić information content (AvgIpc) is 3.06. The van der Waals surface area contributed by atoms with E-state index in [1.807, 2.05) is 14.0 Å². The van der Waals surface area contributed by atoms with Crippen molar-refractivity contribution in [1.29, 1.82) is 0 Å². The zero-order chi connectivity index (χ0) is 15.8. The molecular formula is C16H27N3OS2. The molecule has 2 rings (SSSR count). The van der Waals surface area contributed by atoms with Crippen LogP contribution in [-0.2, 0) is 17.2 Å². The zero-order valence-corrected chi connectivity index (χ0v) is 15.1. The molecule has 1 aromatic heterocycles. The normalized spacial score (nSPS) is 24.0. The summed E-state index contributed by atoms with van der Waals surface area (Å²) in [5, 5.41) is 11.5. The summed E-state index contributed by atoms with van der Waals surface area (Å²) < 4.78 is 12.0. The van der Waals surface area contributed by atoms with Gasteiger partial charge in [0.1, 0.15) is 0 Å². The van der Waals surface area contributed by atoms with E-state index in [0.717, 1.165) is 50.4 Å². The summed E-state index contributed by atoms with van der Waals surface area (Å²) in [5.74, 6) is 1.63. The summed E-state index contributed by atoms with van der Waals surface area (Å²) in [6, 6.07) is 2.55. The van der Waals surface area contributed by atoms with Crippen LogP contribution in [-0.4, -0.2) is 40.8 Å². The molecule has 0 saturated heterocycles. The Morgan fingerprint density at radius 3 is 3.05 bits per heavy atom. The first-order chi connectivity index (χ1) is 10.7. The Morgan fingerprint density at radius 2 is 2.36 bits per heavy atom. The predicted molar refractivity (Wildman–Crippen MR) is 97.2 cm³/mol. The summed E-state index contributed by atoms with van der Waals surface area (Å²) in [6.45, 7) is 2.89. The predicted octanol–water partition coefficient (Wildman–Crippen LogP) is 2.54. The second kappa shape index (κ2) is 9.30. The molecule has 1 heterocycles. The quantitative estimate of drug-likeness (QED) is 0.617. The van der Waals surface area contributed by atoms with E-state index in [1.165, 1.54) is 5.56 Å². The Labute approximate surface area is 140 Å². The Morgan fingerprint density at radius 1 is 1.50 bits per heavy atom. The minimum Gasteiger partial charge on any atom is -0.356 e. The van der Waals surface area contributed by atoms with Crippen LogP contribution in [0, 0.1) is 0 Å². The molecule has 0 radical (unpaired) electrons. The van der Waals surface area contributed by atoms with Crippen molar-refractivity contribution in [1.82, 2.24) is 10.6 Å². The Balaban J connectivity index is 1.76. The third kappa shape index (κ3) is 5.39. The van der Waals surface area contributed by atoms with Crippen molar-refractivity contribution in [3.8, 4) is 0 Å². The molecule has 124 valence electrons. The summed E-state index contributed by atoms with van der Waals surface area (Å²) in [4.78, 5) is 4.31. The summed E-state index contributed by atoms with van der Waals surface area (Å²) in [5.41, 5.74) is 1.36. The number of nitrogens with one attached hydrogen (secondary N) is 2. The maximum Gasteiger partial charge on any atom is 0.191 e. The van der Waals surface area contributed by atoms with Crippen molar-refractivity contribution in [2.24, 2.45) is 4.99 Å². The van der Waals surface area contributed by atoms with Crippen molar-refractivity contribution >= 4 is 28.1 Å². The first-order valence-corrected chi connectivity index (χ1v) is 10.4. The Kier molecular flexibility index (Phi) is 7.39. The molecule has 2 N–H and O–H groups in total. The fraction of sp³-hybridized carbons (Fsp3) is 0.688. The SMILES string of the molecule is CCS(=O)C1CCCC(NC(=NC)NCCc2ccsc2)C1. The minimum absolute atomic E-state index is 0.347. The van der Waals surface area contributed by atoms with Crippen LogP contribution in [0.1, 0.15) is 38.2 Å². The van der Waals surface area contributed by atoms with Gasteiger partial charge in [0, 0.05) is 41.4 Å². The van der Waals surface area contributed by atoms with Gasteiger partial charge in [0.15, 0.2) is 5.96 Å². The maximum absolute atomic E-state index is 12.0. The van der Waals surface area contributed by atoms with E-state index >= 15 is 0 Å². The maximum atomic E-state index is 12.0. The summed E-state index contributed by atoms with van der Waals surface area (Å²) in [7, 11) is 1.13. The average molecular weight is 342 g/mol. The van der Waals surface area contributed by atoms with Gasteiger partial charge in [-0.2, -0.15) is 11.3 Å². The van der Waals surface area contributed by atoms with Crippen LogP contribution in [0.4, 0.5) is 0 Å². The van der Waals surface area contributed by atoms with Crippen molar-refractivity contribution in [2.45, 2.75) is 50.3 Å². The van der Waals surface area contributed by atoms with Crippen LogP contribution in [0.2, 0.25) is 0 Å². The standard InChI is InChI=1S/C16H27N3OS2/c1-3-22(20)15-6-4-5-14(11-15)19-16(17-2)18-9-7-13-8-10-21-12-13/h8,10,12,14-15H,3-7,9,11H2,1-2H3,(H2,17,18,19). The topological polar surface area (TPSA) is 53.5 Å². The number of thiophene rings is 1. The van der Waals surface area contributed by atoms with Gasteiger partial charge in [-0.3, -0.25) is 9.20 Å². The lowest BCUT2D eigenvalue weighted by atomic mass is 9.95. The molecule has 1 aliphatic rings. The second-order valence-electron chi connectivity index (χ2n) is 5.68. The van der Waals surface area contributed by atoms with E-state index in [-0.39, 0.29) is 0 Å². The van der Waals surface area contributed by atoms with Crippen LogP contribution in [0.25, 0.3) is 0 Å². The highest BCUT2D eigenvalue weighted by atomic mass is 32.2. The van der Waals surface area contributed by atoms with E-state index in [9.17, 15) is 4.21 Å². The molecule has 3 unspecified atom stereocenters. The monoisotopic (exact) mass is 341 g/mol. The number of rotatable bonds is 6. The van der Waals surface area contributed by atoms with Gasteiger partial charge in [-0.05, 0) is 48.1 Å². The molecule has 0 bridgehead atoms. The van der Waals surface area contributed by atoms with Crippen molar-refractivity contribution in [3.05, 3.63) is 22.4 Å². The van der Waals surface area contributed by atoms with Gasteiger partial charge in [0.05, 0.1) is 0 Å². The summed E-state index contributed by atoms with van der Waals surface area (Å²) >= 11 is 1.74. The van der Waals surface area contributed by atoms with Gasteiger partial charge in [-0.1, -0.05) is 13.3 Å². The zero-order valence-electron chi connectivity index (χ0n) is 13.5. The largest absolute Gasteiger partial charge is 0.356 e. The number of hydrogen-bond donors (Lipinski definition) is 2. The lowest BCUT2D eigenvalue weighted by Gasteiger charge is -2.30. The molecule has 1 aliphatic carbocycles. The third-order valence-corrected chi connectivity index (χ3v) is 6.61. The van der Waals surface area contributed by atoms with Gasteiger partial charge >= 0.3 is 0 Å². The molecule has 22 heavy (non-hydrogen) atoms. The lowest BCUT2D eigenvalue weighted by molar-refractivity contribution is 0.413. The van der Waals surface area contributed by atoms with Crippen LogP contribution < -0.4 is 10.6 Å². The number of hydrogen-bond acceptors (Lipinski definition) is 3. The van der Waals surface area contributed by atoms with Gasteiger partial charge in [0.25, 0.3) is 0 Å². The smallest absolute Gasteiger partial charge is 0.191 e. The van der Waals surface area contributed by atoms with Crippen LogP contribution in [0.5, 0.6) is 0 Å². The lowest BCUT2D eigenvalue weighted by Crippen LogP contribution is -2.47.